The summed E-state index contributed by atoms with van der Waals surface area (Å²) in [6.45, 7) is 8.28. The second-order valence-corrected chi connectivity index (χ2v) is 6.47. The van der Waals surface area contributed by atoms with Gasteiger partial charge in [0.15, 0.2) is 5.96 Å². The summed E-state index contributed by atoms with van der Waals surface area (Å²) >= 11 is 0. The standard InChI is InChI=1S/C18H28FN5/c1-20-18(24-9-2-3-10-24)21-8-11-22-12-14-23(15-13-22)17-6-4-16(19)5-7-17/h4-7H,2-3,8-15H2,1H3,(H,20,21). The fraction of sp³-hybridized carbons (Fsp3) is 0.611. The third kappa shape index (κ3) is 4.38. The highest BCUT2D eigenvalue weighted by atomic mass is 19.1. The topological polar surface area (TPSA) is 34.1 Å². The molecule has 0 amide bonds. The van der Waals surface area contributed by atoms with Crippen LogP contribution >= 0.6 is 0 Å². The molecule has 2 fully saturated rings. The van der Waals surface area contributed by atoms with E-state index in [1.54, 1.807) is 0 Å². The lowest BCUT2D eigenvalue weighted by atomic mass is 10.2. The number of hydrogen-bond donors (Lipinski definition) is 1. The van der Waals surface area contributed by atoms with Gasteiger partial charge in [0.1, 0.15) is 5.82 Å². The van der Waals surface area contributed by atoms with Gasteiger partial charge in [0.25, 0.3) is 0 Å². The van der Waals surface area contributed by atoms with Crippen LogP contribution in [-0.4, -0.2) is 75.2 Å². The highest BCUT2D eigenvalue weighted by Gasteiger charge is 2.18. The van der Waals surface area contributed by atoms with Crippen LogP contribution in [0.5, 0.6) is 0 Å². The number of anilines is 1. The maximum Gasteiger partial charge on any atom is 0.193 e. The summed E-state index contributed by atoms with van der Waals surface area (Å²) in [5, 5.41) is 3.49. The summed E-state index contributed by atoms with van der Waals surface area (Å²) in [6.07, 6.45) is 2.54. The number of benzene rings is 1. The van der Waals surface area contributed by atoms with Crippen molar-refractivity contribution in [3.8, 4) is 0 Å². The van der Waals surface area contributed by atoms with Gasteiger partial charge in [-0.3, -0.25) is 9.89 Å². The molecule has 2 heterocycles. The molecule has 2 aliphatic rings. The van der Waals surface area contributed by atoms with Gasteiger partial charge < -0.3 is 15.1 Å². The van der Waals surface area contributed by atoms with Crippen LogP contribution in [0.1, 0.15) is 12.8 Å². The van der Waals surface area contributed by atoms with E-state index in [0.717, 1.165) is 64.0 Å². The fourth-order valence-electron chi connectivity index (χ4n) is 3.47. The SMILES string of the molecule is CN=C(NCCN1CCN(c2ccc(F)cc2)CC1)N1CCCC1. The third-order valence-electron chi connectivity index (χ3n) is 4.89. The highest BCUT2D eigenvalue weighted by Crippen LogP contribution is 2.16. The minimum atomic E-state index is -0.171. The summed E-state index contributed by atoms with van der Waals surface area (Å²) in [4.78, 5) is 11.5. The lowest BCUT2D eigenvalue weighted by Crippen LogP contribution is -2.49. The number of rotatable bonds is 4. The monoisotopic (exact) mass is 333 g/mol. The van der Waals surface area contributed by atoms with E-state index >= 15 is 0 Å². The summed E-state index contributed by atoms with van der Waals surface area (Å²) in [5.74, 6) is 0.868. The second-order valence-electron chi connectivity index (χ2n) is 6.47. The van der Waals surface area contributed by atoms with E-state index in [1.165, 1.54) is 25.0 Å². The van der Waals surface area contributed by atoms with Crippen LogP contribution in [0.4, 0.5) is 10.1 Å². The summed E-state index contributed by atoms with van der Waals surface area (Å²) in [7, 11) is 1.86. The lowest BCUT2D eigenvalue weighted by molar-refractivity contribution is 0.260. The van der Waals surface area contributed by atoms with E-state index in [4.69, 9.17) is 0 Å². The molecule has 0 atom stereocenters. The molecule has 0 spiro atoms. The fourth-order valence-corrected chi connectivity index (χ4v) is 3.47. The third-order valence-corrected chi connectivity index (χ3v) is 4.89. The van der Waals surface area contributed by atoms with Gasteiger partial charge in [-0.15, -0.1) is 0 Å². The van der Waals surface area contributed by atoms with Crippen molar-refractivity contribution in [3.63, 3.8) is 0 Å². The Labute approximate surface area is 144 Å². The van der Waals surface area contributed by atoms with Gasteiger partial charge >= 0.3 is 0 Å². The Bertz CT molecular complexity index is 531. The summed E-state index contributed by atoms with van der Waals surface area (Å²) < 4.78 is 13.0. The molecule has 0 aliphatic carbocycles. The number of piperazine rings is 1. The Kier molecular flexibility index (Phi) is 5.91. The average molecular weight is 333 g/mol. The molecule has 5 nitrogen and oxygen atoms in total. The van der Waals surface area contributed by atoms with E-state index in [1.807, 2.05) is 19.2 Å². The van der Waals surface area contributed by atoms with Gasteiger partial charge in [0, 0.05) is 65.1 Å². The smallest absolute Gasteiger partial charge is 0.193 e. The highest BCUT2D eigenvalue weighted by molar-refractivity contribution is 5.80. The zero-order chi connectivity index (χ0) is 16.8. The van der Waals surface area contributed by atoms with Crippen molar-refractivity contribution < 1.29 is 4.39 Å². The van der Waals surface area contributed by atoms with Crippen LogP contribution in [-0.2, 0) is 0 Å². The first-order chi connectivity index (χ1) is 11.8. The Hall–Kier alpha value is -1.82. The number of nitrogens with zero attached hydrogens (tertiary/aromatic N) is 4. The molecule has 2 aliphatic heterocycles. The van der Waals surface area contributed by atoms with Gasteiger partial charge in [-0.2, -0.15) is 0 Å². The van der Waals surface area contributed by atoms with E-state index in [9.17, 15) is 4.39 Å². The molecular formula is C18H28FN5. The molecule has 132 valence electrons. The average Bonchev–Trinajstić information content (AvgIpc) is 3.14. The lowest BCUT2D eigenvalue weighted by Gasteiger charge is -2.36. The second kappa shape index (κ2) is 8.33. The molecule has 2 saturated heterocycles. The zero-order valence-electron chi connectivity index (χ0n) is 14.5. The maximum atomic E-state index is 13.0. The Morgan fingerprint density at radius 3 is 2.33 bits per heavy atom. The number of aliphatic imine (C=N–C) groups is 1. The van der Waals surface area contributed by atoms with Gasteiger partial charge in [-0.25, -0.2) is 4.39 Å². The molecule has 0 saturated carbocycles. The van der Waals surface area contributed by atoms with E-state index in [-0.39, 0.29) is 5.82 Å². The predicted molar refractivity (Wildman–Crippen MR) is 97.2 cm³/mol. The van der Waals surface area contributed by atoms with Crippen LogP contribution in [0.3, 0.4) is 0 Å². The minimum absolute atomic E-state index is 0.171. The van der Waals surface area contributed by atoms with Crippen molar-refractivity contribution in [2.75, 3.05) is 64.3 Å². The number of guanidine groups is 1. The van der Waals surface area contributed by atoms with E-state index in [0.29, 0.717) is 0 Å². The predicted octanol–water partition coefficient (Wildman–Crippen LogP) is 1.62. The number of halogens is 1. The molecule has 3 rings (SSSR count). The van der Waals surface area contributed by atoms with Crippen LogP contribution in [0.15, 0.2) is 29.3 Å². The molecule has 1 N–H and O–H groups in total. The van der Waals surface area contributed by atoms with E-state index < -0.39 is 0 Å². The van der Waals surface area contributed by atoms with Gasteiger partial charge in [0.2, 0.25) is 0 Å². The first-order valence-corrected chi connectivity index (χ1v) is 8.95. The normalized spacial score (nSPS) is 19.8. The maximum absolute atomic E-state index is 13.0. The van der Waals surface area contributed by atoms with Crippen LogP contribution in [0.2, 0.25) is 0 Å². The Balaban J connectivity index is 1.38. The van der Waals surface area contributed by atoms with Crippen molar-refractivity contribution in [1.29, 1.82) is 0 Å². The van der Waals surface area contributed by atoms with Crippen molar-refractivity contribution >= 4 is 11.6 Å². The van der Waals surface area contributed by atoms with Crippen LogP contribution in [0.25, 0.3) is 0 Å². The Morgan fingerprint density at radius 2 is 1.71 bits per heavy atom. The van der Waals surface area contributed by atoms with E-state index in [2.05, 4.69) is 25.0 Å². The quantitative estimate of drug-likeness (QED) is 0.671. The van der Waals surface area contributed by atoms with Crippen molar-refractivity contribution in [2.45, 2.75) is 12.8 Å². The largest absolute Gasteiger partial charge is 0.369 e. The molecule has 6 heteroatoms. The number of nitrogens with one attached hydrogen (secondary N) is 1. The first kappa shape index (κ1) is 17.0. The van der Waals surface area contributed by atoms with Gasteiger partial charge in [0.05, 0.1) is 0 Å². The molecule has 0 radical (unpaired) electrons. The molecule has 0 aromatic heterocycles. The number of hydrogen-bond acceptors (Lipinski definition) is 3. The molecule has 1 aromatic carbocycles. The molecule has 1 aromatic rings. The minimum Gasteiger partial charge on any atom is -0.369 e. The first-order valence-electron chi connectivity index (χ1n) is 8.95. The van der Waals surface area contributed by atoms with Gasteiger partial charge in [-0.1, -0.05) is 0 Å². The van der Waals surface area contributed by atoms with Crippen molar-refractivity contribution in [1.82, 2.24) is 15.1 Å². The van der Waals surface area contributed by atoms with Gasteiger partial charge in [-0.05, 0) is 37.1 Å². The number of likely N-dealkylation sites (tertiary alicyclic amines) is 1. The Morgan fingerprint density at radius 1 is 1.04 bits per heavy atom. The molecule has 0 unspecified atom stereocenters. The molecular weight excluding hydrogens is 305 g/mol. The zero-order valence-corrected chi connectivity index (χ0v) is 14.5. The molecule has 24 heavy (non-hydrogen) atoms. The van der Waals surface area contributed by atoms with Crippen LogP contribution in [0, 0.1) is 5.82 Å². The molecule has 0 bridgehead atoms. The summed E-state index contributed by atoms with van der Waals surface area (Å²) in [6, 6.07) is 6.81. The van der Waals surface area contributed by atoms with Crippen LogP contribution < -0.4 is 10.2 Å². The van der Waals surface area contributed by atoms with Crippen molar-refractivity contribution in [2.24, 2.45) is 4.99 Å². The van der Waals surface area contributed by atoms with Crippen molar-refractivity contribution in [3.05, 3.63) is 30.1 Å². The summed E-state index contributed by atoms with van der Waals surface area (Å²) in [5.41, 5.74) is 1.11.